The van der Waals surface area contributed by atoms with E-state index in [1.165, 1.54) is 15.9 Å². The fourth-order valence-electron chi connectivity index (χ4n) is 3.36. The first-order valence-corrected chi connectivity index (χ1v) is 11.1. The van der Waals surface area contributed by atoms with E-state index in [9.17, 15) is 19.5 Å². The number of nitrogens with one attached hydrogen (secondary N) is 2. The van der Waals surface area contributed by atoms with Crippen LogP contribution in [0.15, 0.2) is 59.9 Å². The lowest BCUT2D eigenvalue weighted by Gasteiger charge is -2.29. The van der Waals surface area contributed by atoms with Gasteiger partial charge in [0.2, 0.25) is 0 Å². The van der Waals surface area contributed by atoms with Crippen LogP contribution in [-0.4, -0.2) is 52.8 Å². The van der Waals surface area contributed by atoms with Crippen LogP contribution in [0.1, 0.15) is 43.6 Å². The molecule has 0 bridgehead atoms. The molecule has 2 aromatic carbocycles. The van der Waals surface area contributed by atoms with E-state index in [2.05, 4.69) is 10.6 Å². The minimum Gasteiger partial charge on any atom is -0.505 e. The fourth-order valence-corrected chi connectivity index (χ4v) is 3.36. The van der Waals surface area contributed by atoms with Gasteiger partial charge in [-0.25, -0.2) is 0 Å². The van der Waals surface area contributed by atoms with E-state index >= 15 is 0 Å². The molecule has 8 heteroatoms. The molecule has 1 aliphatic rings. The molecule has 180 valence electrons. The van der Waals surface area contributed by atoms with E-state index in [0.717, 1.165) is 5.56 Å². The third-order valence-electron chi connectivity index (χ3n) is 5.94. The lowest BCUT2D eigenvalue weighted by atomic mass is 9.88. The van der Waals surface area contributed by atoms with Gasteiger partial charge in [-0.05, 0) is 30.0 Å². The molecule has 1 heterocycles. The van der Waals surface area contributed by atoms with Crippen LogP contribution in [-0.2, 0) is 16.1 Å². The molecule has 0 aromatic heterocycles. The summed E-state index contributed by atoms with van der Waals surface area (Å²) in [5.41, 5.74) is 1.04. The van der Waals surface area contributed by atoms with Crippen molar-refractivity contribution >= 4 is 23.4 Å². The van der Waals surface area contributed by atoms with Gasteiger partial charge in [0.05, 0.1) is 17.8 Å². The summed E-state index contributed by atoms with van der Waals surface area (Å²) in [6, 6.07) is 13.8. The van der Waals surface area contributed by atoms with Gasteiger partial charge in [0.25, 0.3) is 17.7 Å². The molecule has 0 saturated carbocycles. The predicted octanol–water partition coefficient (Wildman–Crippen LogP) is 3.31. The number of hydrogen-bond donors (Lipinski definition) is 3. The number of anilines is 1. The second kappa shape index (κ2) is 9.59. The number of amides is 3. The first kappa shape index (κ1) is 24.8. The van der Waals surface area contributed by atoms with Gasteiger partial charge in [-0.1, -0.05) is 57.2 Å². The van der Waals surface area contributed by atoms with Crippen molar-refractivity contribution < 1.29 is 19.5 Å². The largest absolute Gasteiger partial charge is 0.505 e. The first-order chi connectivity index (χ1) is 15.9. The minimum absolute atomic E-state index is 0.0294. The average Bonchev–Trinajstić information content (AvgIpc) is 2.99. The molecule has 2 aromatic rings. The minimum atomic E-state index is -0.513. The van der Waals surface area contributed by atoms with Crippen molar-refractivity contribution in [2.75, 3.05) is 19.4 Å². The SMILES string of the molecule is C[C@@H](NC1=C(Nc2cccc(C(=O)N(C)C)c2O)C(=O)N(Cc2ccccc2)C1=O)C(C)(C)C. The van der Waals surface area contributed by atoms with E-state index in [-0.39, 0.29) is 52.3 Å². The maximum Gasteiger partial charge on any atom is 0.279 e. The van der Waals surface area contributed by atoms with Gasteiger partial charge in [0.15, 0.2) is 5.75 Å². The lowest BCUT2D eigenvalue weighted by Crippen LogP contribution is -2.40. The van der Waals surface area contributed by atoms with Crippen LogP contribution in [0.3, 0.4) is 0 Å². The Bertz CT molecular complexity index is 1130. The molecule has 0 radical (unpaired) electrons. The van der Waals surface area contributed by atoms with E-state index in [1.807, 2.05) is 58.0 Å². The molecule has 0 saturated heterocycles. The zero-order valence-corrected chi connectivity index (χ0v) is 20.5. The number of phenols is 1. The molecular formula is C26H32N4O4. The highest BCUT2D eigenvalue weighted by molar-refractivity contribution is 6.20. The molecule has 3 amide bonds. The second-order valence-electron chi connectivity index (χ2n) is 9.69. The summed E-state index contributed by atoms with van der Waals surface area (Å²) < 4.78 is 0. The van der Waals surface area contributed by atoms with Gasteiger partial charge in [0, 0.05) is 20.1 Å². The van der Waals surface area contributed by atoms with Crippen molar-refractivity contribution in [2.45, 2.75) is 40.3 Å². The predicted molar refractivity (Wildman–Crippen MR) is 131 cm³/mol. The smallest absolute Gasteiger partial charge is 0.279 e. The number of benzene rings is 2. The summed E-state index contributed by atoms with van der Waals surface area (Å²) >= 11 is 0. The number of rotatable bonds is 7. The molecule has 0 fully saturated rings. The first-order valence-electron chi connectivity index (χ1n) is 11.1. The van der Waals surface area contributed by atoms with Crippen LogP contribution in [0.5, 0.6) is 5.75 Å². The van der Waals surface area contributed by atoms with Crippen molar-refractivity contribution in [3.8, 4) is 5.75 Å². The maximum absolute atomic E-state index is 13.4. The Kier molecular flexibility index (Phi) is 7.00. The van der Waals surface area contributed by atoms with Crippen molar-refractivity contribution in [3.05, 3.63) is 71.1 Å². The molecule has 0 aliphatic carbocycles. The molecular weight excluding hydrogens is 432 g/mol. The van der Waals surface area contributed by atoms with Crippen molar-refractivity contribution in [3.63, 3.8) is 0 Å². The Morgan fingerprint density at radius 2 is 1.62 bits per heavy atom. The highest BCUT2D eigenvalue weighted by atomic mass is 16.3. The van der Waals surface area contributed by atoms with Gasteiger partial charge >= 0.3 is 0 Å². The Morgan fingerprint density at radius 1 is 1.00 bits per heavy atom. The molecule has 0 unspecified atom stereocenters. The van der Waals surface area contributed by atoms with E-state index in [4.69, 9.17) is 0 Å². The summed E-state index contributed by atoms with van der Waals surface area (Å²) in [5.74, 6) is -1.64. The monoisotopic (exact) mass is 464 g/mol. The fraction of sp³-hybridized carbons (Fsp3) is 0.346. The van der Waals surface area contributed by atoms with Gasteiger partial charge in [-0.3, -0.25) is 19.3 Å². The van der Waals surface area contributed by atoms with E-state index in [0.29, 0.717) is 0 Å². The molecule has 8 nitrogen and oxygen atoms in total. The summed E-state index contributed by atoms with van der Waals surface area (Å²) in [5, 5.41) is 16.9. The third-order valence-corrected chi connectivity index (χ3v) is 5.94. The standard InChI is InChI=1S/C26H32N4O4/c1-16(26(2,3)4)27-20-21(25(34)30(24(20)33)15-17-11-8-7-9-12-17)28-19-14-10-13-18(22(19)31)23(32)29(5)6/h7-14,16,27-28,31H,15H2,1-6H3/t16-/m1/s1. The Hall–Kier alpha value is -3.81. The van der Waals surface area contributed by atoms with Crippen LogP contribution in [0, 0.1) is 5.41 Å². The number of imide groups is 1. The van der Waals surface area contributed by atoms with Crippen molar-refractivity contribution in [1.29, 1.82) is 0 Å². The number of para-hydroxylation sites is 1. The average molecular weight is 465 g/mol. The summed E-state index contributed by atoms with van der Waals surface area (Å²) in [4.78, 5) is 41.7. The molecule has 3 N–H and O–H groups in total. The van der Waals surface area contributed by atoms with Crippen LogP contribution in [0.25, 0.3) is 0 Å². The number of aromatic hydroxyl groups is 1. The summed E-state index contributed by atoms with van der Waals surface area (Å²) in [6.07, 6.45) is 0. The zero-order valence-electron chi connectivity index (χ0n) is 20.5. The number of carbonyl (C=O) groups excluding carboxylic acids is 3. The van der Waals surface area contributed by atoms with Gasteiger partial charge in [0.1, 0.15) is 11.4 Å². The van der Waals surface area contributed by atoms with Gasteiger partial charge < -0.3 is 20.6 Å². The number of carbonyl (C=O) groups is 3. The molecule has 0 spiro atoms. The summed E-state index contributed by atoms with van der Waals surface area (Å²) in [6.45, 7) is 8.15. The molecule has 34 heavy (non-hydrogen) atoms. The quantitative estimate of drug-likeness (QED) is 0.429. The van der Waals surface area contributed by atoms with Crippen LogP contribution in [0.2, 0.25) is 0 Å². The Morgan fingerprint density at radius 3 is 2.21 bits per heavy atom. The normalized spacial score (nSPS) is 14.9. The lowest BCUT2D eigenvalue weighted by molar-refractivity contribution is -0.138. The molecule has 3 rings (SSSR count). The molecule has 1 aliphatic heterocycles. The second-order valence-corrected chi connectivity index (χ2v) is 9.69. The number of hydrogen-bond acceptors (Lipinski definition) is 6. The van der Waals surface area contributed by atoms with Crippen molar-refractivity contribution in [2.24, 2.45) is 5.41 Å². The topological polar surface area (TPSA) is 102 Å². The highest BCUT2D eigenvalue weighted by Gasteiger charge is 2.40. The van der Waals surface area contributed by atoms with Crippen LogP contribution < -0.4 is 10.6 Å². The van der Waals surface area contributed by atoms with E-state index < -0.39 is 11.8 Å². The maximum atomic E-state index is 13.4. The van der Waals surface area contributed by atoms with E-state index in [1.54, 1.807) is 26.2 Å². The van der Waals surface area contributed by atoms with Gasteiger partial charge in [-0.15, -0.1) is 0 Å². The summed E-state index contributed by atoms with van der Waals surface area (Å²) in [7, 11) is 3.17. The zero-order chi connectivity index (χ0) is 25.2. The third kappa shape index (κ3) is 5.06. The number of phenolic OH excluding ortho intramolecular Hbond substituents is 1. The molecule has 1 atom stereocenters. The van der Waals surface area contributed by atoms with Crippen molar-refractivity contribution in [1.82, 2.24) is 15.1 Å². The van der Waals surface area contributed by atoms with Crippen LogP contribution >= 0.6 is 0 Å². The Balaban J connectivity index is 2.01. The highest BCUT2D eigenvalue weighted by Crippen LogP contribution is 2.32. The van der Waals surface area contributed by atoms with Gasteiger partial charge in [-0.2, -0.15) is 0 Å². The Labute approximate surface area is 200 Å². The van der Waals surface area contributed by atoms with Crippen LogP contribution in [0.4, 0.5) is 5.69 Å². The number of nitrogens with zero attached hydrogens (tertiary/aromatic N) is 2.